The van der Waals surface area contributed by atoms with Gasteiger partial charge < -0.3 is 9.80 Å². The number of aromatic amines is 1. The molecular weight excluding hydrogens is 499 g/mol. The number of aromatic nitrogens is 5. The Labute approximate surface area is 216 Å². The number of amides is 2. The van der Waals surface area contributed by atoms with E-state index in [4.69, 9.17) is 0 Å². The number of halogens is 3. The average molecular weight is 526 g/mol. The zero-order valence-corrected chi connectivity index (χ0v) is 21.3. The molecule has 0 unspecified atom stereocenters. The largest absolute Gasteiger partial charge is 0.333 e. The molecular formula is C26H26F3N7O2. The van der Waals surface area contributed by atoms with Gasteiger partial charge in [0.05, 0.1) is 28.7 Å². The van der Waals surface area contributed by atoms with Gasteiger partial charge in [0.1, 0.15) is 17.2 Å². The number of H-pyrrole nitrogens is 1. The van der Waals surface area contributed by atoms with Crippen LogP contribution in [-0.2, 0) is 5.92 Å². The van der Waals surface area contributed by atoms with Gasteiger partial charge in [-0.15, -0.1) is 0 Å². The smallest absolute Gasteiger partial charge is 0.274 e. The number of nitrogens with one attached hydrogen (secondary N) is 1. The second-order valence-corrected chi connectivity index (χ2v) is 10.2. The minimum absolute atomic E-state index is 0.0451. The number of carbonyl (C=O) groups is 2. The Kier molecular flexibility index (Phi) is 6.00. The molecule has 1 aliphatic rings. The number of carbonyl (C=O) groups excluding carboxylic acids is 2. The van der Waals surface area contributed by atoms with Crippen LogP contribution in [0.3, 0.4) is 0 Å². The number of rotatable bonds is 4. The average Bonchev–Trinajstić information content (AvgIpc) is 3.48. The van der Waals surface area contributed by atoms with Crippen LogP contribution in [0.5, 0.6) is 0 Å². The molecule has 0 aliphatic carbocycles. The van der Waals surface area contributed by atoms with Gasteiger partial charge in [0.25, 0.3) is 17.7 Å². The van der Waals surface area contributed by atoms with Crippen molar-refractivity contribution in [1.29, 1.82) is 0 Å². The monoisotopic (exact) mass is 525 g/mol. The lowest BCUT2D eigenvalue weighted by Gasteiger charge is -2.46. The third-order valence-electron chi connectivity index (χ3n) is 6.63. The van der Waals surface area contributed by atoms with E-state index in [1.807, 2.05) is 13.8 Å². The molecule has 3 aromatic heterocycles. The van der Waals surface area contributed by atoms with Gasteiger partial charge in [-0.1, -0.05) is 0 Å². The summed E-state index contributed by atoms with van der Waals surface area (Å²) < 4.78 is 43.8. The van der Waals surface area contributed by atoms with Crippen LogP contribution in [0, 0.1) is 12.7 Å². The van der Waals surface area contributed by atoms with Crippen molar-refractivity contribution in [1.82, 2.24) is 34.6 Å². The summed E-state index contributed by atoms with van der Waals surface area (Å²) in [7, 11) is 0. The van der Waals surface area contributed by atoms with E-state index in [0.29, 0.717) is 17.0 Å². The molecule has 5 rings (SSSR count). The number of benzene rings is 1. The summed E-state index contributed by atoms with van der Waals surface area (Å²) in [5, 5.41) is 11.1. The Morgan fingerprint density at radius 1 is 1.08 bits per heavy atom. The van der Waals surface area contributed by atoms with Crippen molar-refractivity contribution >= 4 is 17.5 Å². The molecule has 1 fully saturated rings. The van der Waals surface area contributed by atoms with Crippen molar-refractivity contribution in [3.8, 4) is 11.3 Å². The summed E-state index contributed by atoms with van der Waals surface area (Å²) in [6, 6.07) is 8.19. The zero-order chi connectivity index (χ0) is 27.4. The fourth-order valence-electron chi connectivity index (χ4n) is 4.71. The van der Waals surface area contributed by atoms with Gasteiger partial charge in [0, 0.05) is 32.1 Å². The Hall–Kier alpha value is -4.22. The van der Waals surface area contributed by atoms with E-state index in [1.54, 1.807) is 22.8 Å². The summed E-state index contributed by atoms with van der Waals surface area (Å²) in [6.45, 7) is 6.94. The highest BCUT2D eigenvalue weighted by Gasteiger charge is 2.40. The standard InChI is InChI=1S/C26H26F3N7O2/c1-15-11-20(32-31-15)23(37)34-9-10-35(25(2,3)14-34)24(38)21-13-36-22(30-21)18(26(4,28)29)12-19(33-36)16-5-7-17(27)8-6-16/h5-8,11-13H,9-10,14H2,1-4H3,(H,31,32). The number of aryl methyl sites for hydroxylation is 1. The molecule has 0 saturated carbocycles. The van der Waals surface area contributed by atoms with Crippen LogP contribution in [0.2, 0.25) is 0 Å². The lowest BCUT2D eigenvalue weighted by atomic mass is 9.98. The molecule has 198 valence electrons. The molecule has 0 bridgehead atoms. The topological polar surface area (TPSA) is 99.5 Å². The SMILES string of the molecule is Cc1cc(C(=O)N2CCN(C(=O)c3cn4nc(-c5ccc(F)cc5)cc(C(C)(F)F)c4n3)C(C)(C)C2)[nH]n1. The van der Waals surface area contributed by atoms with Crippen LogP contribution in [0.25, 0.3) is 16.9 Å². The molecule has 1 aromatic carbocycles. The maximum Gasteiger partial charge on any atom is 0.274 e. The highest BCUT2D eigenvalue weighted by molar-refractivity contribution is 5.95. The second-order valence-electron chi connectivity index (χ2n) is 10.2. The third kappa shape index (κ3) is 4.61. The molecule has 1 aliphatic heterocycles. The molecule has 4 aromatic rings. The number of piperazine rings is 1. The van der Waals surface area contributed by atoms with Gasteiger partial charge in [-0.2, -0.15) is 10.2 Å². The van der Waals surface area contributed by atoms with E-state index in [1.165, 1.54) is 36.5 Å². The van der Waals surface area contributed by atoms with Gasteiger partial charge in [-0.05, 0) is 57.2 Å². The van der Waals surface area contributed by atoms with Crippen molar-refractivity contribution in [3.05, 3.63) is 71.1 Å². The van der Waals surface area contributed by atoms with Crippen LogP contribution < -0.4 is 0 Å². The number of alkyl halides is 2. The predicted molar refractivity (Wildman–Crippen MR) is 132 cm³/mol. The van der Waals surface area contributed by atoms with Crippen molar-refractivity contribution in [2.75, 3.05) is 19.6 Å². The second kappa shape index (κ2) is 8.96. The van der Waals surface area contributed by atoms with Gasteiger partial charge in [0.2, 0.25) is 0 Å². The lowest BCUT2D eigenvalue weighted by Crippen LogP contribution is -2.62. The quantitative estimate of drug-likeness (QED) is 0.433. The number of fused-ring (bicyclic) bond motifs is 1. The fraction of sp³-hybridized carbons (Fsp3) is 0.346. The van der Waals surface area contributed by atoms with E-state index >= 15 is 0 Å². The summed E-state index contributed by atoms with van der Waals surface area (Å²) >= 11 is 0. The first-order valence-corrected chi connectivity index (χ1v) is 12.0. The van der Waals surface area contributed by atoms with E-state index in [2.05, 4.69) is 20.3 Å². The molecule has 4 heterocycles. The third-order valence-corrected chi connectivity index (χ3v) is 6.63. The molecule has 38 heavy (non-hydrogen) atoms. The first kappa shape index (κ1) is 25.4. The van der Waals surface area contributed by atoms with Crippen molar-refractivity contribution in [3.63, 3.8) is 0 Å². The summed E-state index contributed by atoms with van der Waals surface area (Å²) in [4.78, 5) is 33.9. The first-order chi connectivity index (χ1) is 17.8. The summed E-state index contributed by atoms with van der Waals surface area (Å²) in [6.07, 6.45) is 1.32. The highest BCUT2D eigenvalue weighted by atomic mass is 19.3. The first-order valence-electron chi connectivity index (χ1n) is 12.0. The van der Waals surface area contributed by atoms with Crippen molar-refractivity contribution < 1.29 is 22.8 Å². The molecule has 1 saturated heterocycles. The van der Waals surface area contributed by atoms with E-state index in [0.717, 1.165) is 11.4 Å². The Morgan fingerprint density at radius 3 is 2.39 bits per heavy atom. The number of hydrogen-bond donors (Lipinski definition) is 1. The minimum Gasteiger partial charge on any atom is -0.333 e. The normalized spacial score (nSPS) is 15.8. The molecule has 2 amide bonds. The fourth-order valence-corrected chi connectivity index (χ4v) is 4.71. The van der Waals surface area contributed by atoms with Crippen LogP contribution in [0.1, 0.15) is 53.0 Å². The van der Waals surface area contributed by atoms with Crippen LogP contribution in [-0.4, -0.2) is 71.6 Å². The maximum atomic E-state index is 14.6. The zero-order valence-electron chi connectivity index (χ0n) is 21.3. The Balaban J connectivity index is 1.46. The number of nitrogens with zero attached hydrogens (tertiary/aromatic N) is 6. The van der Waals surface area contributed by atoms with E-state index < -0.39 is 28.7 Å². The van der Waals surface area contributed by atoms with E-state index in [-0.39, 0.29) is 42.6 Å². The van der Waals surface area contributed by atoms with Gasteiger partial charge in [-0.3, -0.25) is 14.7 Å². The van der Waals surface area contributed by atoms with Gasteiger partial charge in [0.15, 0.2) is 5.65 Å². The van der Waals surface area contributed by atoms with Crippen LogP contribution >= 0.6 is 0 Å². The molecule has 0 spiro atoms. The van der Waals surface area contributed by atoms with Gasteiger partial charge in [-0.25, -0.2) is 22.7 Å². The van der Waals surface area contributed by atoms with Crippen LogP contribution in [0.4, 0.5) is 13.2 Å². The minimum atomic E-state index is -3.28. The van der Waals surface area contributed by atoms with E-state index in [9.17, 15) is 22.8 Å². The summed E-state index contributed by atoms with van der Waals surface area (Å²) in [5.74, 6) is -4.42. The molecule has 1 N–H and O–H groups in total. The van der Waals surface area contributed by atoms with Crippen LogP contribution in [0.15, 0.2) is 42.6 Å². The predicted octanol–water partition coefficient (Wildman–Crippen LogP) is 4.06. The Bertz CT molecular complexity index is 1540. The Morgan fingerprint density at radius 2 is 1.79 bits per heavy atom. The summed E-state index contributed by atoms with van der Waals surface area (Å²) in [5.41, 5.74) is 0.331. The van der Waals surface area contributed by atoms with Crippen molar-refractivity contribution in [2.24, 2.45) is 0 Å². The molecule has 12 heteroatoms. The lowest BCUT2D eigenvalue weighted by molar-refractivity contribution is 0.0160. The number of hydrogen-bond acceptors (Lipinski definition) is 5. The molecule has 0 atom stereocenters. The van der Waals surface area contributed by atoms with Gasteiger partial charge >= 0.3 is 0 Å². The number of imidazole rings is 1. The van der Waals surface area contributed by atoms with Crippen molar-refractivity contribution in [2.45, 2.75) is 39.2 Å². The highest BCUT2D eigenvalue weighted by Crippen LogP contribution is 2.33. The maximum absolute atomic E-state index is 14.6. The molecule has 9 nitrogen and oxygen atoms in total. The molecule has 0 radical (unpaired) electrons.